The normalized spacial score (nSPS) is 12.7. The molecule has 0 atom stereocenters. The number of hydrogen-bond acceptors (Lipinski definition) is 4. The molecule has 0 fully saturated rings. The second-order valence-electron chi connectivity index (χ2n) is 18.3. The Morgan fingerprint density at radius 2 is 0.923 bits per heavy atom. The molecule has 0 amide bonds. The Morgan fingerprint density at radius 3 is 1.54 bits per heavy atom. The number of hydrogen-bond donors (Lipinski definition) is 0. The summed E-state index contributed by atoms with van der Waals surface area (Å²) in [7, 11) is 0. The van der Waals surface area contributed by atoms with Gasteiger partial charge in [-0.25, -0.2) is 0 Å². The number of furan rings is 1. The highest BCUT2D eigenvalue weighted by molar-refractivity contribution is 7.00. The third kappa shape index (κ3) is 6.37. The zero-order valence-electron chi connectivity index (χ0n) is 37.6. The van der Waals surface area contributed by atoms with Gasteiger partial charge < -0.3 is 19.1 Å². The van der Waals surface area contributed by atoms with Crippen LogP contribution >= 0.6 is 0 Å². The summed E-state index contributed by atoms with van der Waals surface area (Å²) in [6.07, 6.45) is 0. The van der Waals surface area contributed by atoms with Gasteiger partial charge >= 0.3 is 0 Å². The summed E-state index contributed by atoms with van der Waals surface area (Å²) in [5.41, 5.74) is 25.8. The van der Waals surface area contributed by atoms with E-state index in [1.165, 1.54) is 83.6 Å². The third-order valence-corrected chi connectivity index (χ3v) is 13.7. The fraction of sp³-hybridized carbons (Fsp3) is 0.100. The van der Waals surface area contributed by atoms with Crippen LogP contribution in [0.5, 0.6) is 0 Å². The van der Waals surface area contributed by atoms with E-state index in [0.717, 1.165) is 50.4 Å². The molecule has 0 radical (unpaired) electrons. The Hall–Kier alpha value is -7.76. The standard InChI is InChI=1S/C60H48BN3O/c1-37-11-21-44(22-12-37)62(45-23-13-38(2)14-24-45)48-34-56-60-57(35-48)64(47-27-17-40(4)18-28-47)55-36-50(43-20-30-59-51(33-43)49-9-7-8-10-58(49)65-59)42(6)32-53(55)61(60)52-31-41(5)19-29-54(52)63(56)46-25-15-39(3)16-26-46/h7-36H,1-6H3. The Kier molecular flexibility index (Phi) is 8.93. The van der Waals surface area contributed by atoms with Gasteiger partial charge in [-0.15, -0.1) is 0 Å². The molecule has 0 saturated carbocycles. The monoisotopic (exact) mass is 837 g/mol. The first kappa shape index (κ1) is 38.9. The predicted octanol–water partition coefficient (Wildman–Crippen LogP) is 14.7. The lowest BCUT2D eigenvalue weighted by molar-refractivity contribution is 0.669. The fourth-order valence-electron chi connectivity index (χ4n) is 10.4. The first-order valence-electron chi connectivity index (χ1n) is 22.7. The van der Waals surface area contributed by atoms with Crippen molar-refractivity contribution < 1.29 is 4.42 Å². The highest BCUT2D eigenvalue weighted by Crippen LogP contribution is 2.49. The first-order valence-corrected chi connectivity index (χ1v) is 22.7. The molecule has 4 nitrogen and oxygen atoms in total. The predicted molar refractivity (Wildman–Crippen MR) is 276 cm³/mol. The number of fused-ring (bicyclic) bond motifs is 7. The molecule has 10 aromatic rings. The maximum Gasteiger partial charge on any atom is 0.252 e. The van der Waals surface area contributed by atoms with Crippen molar-refractivity contribution in [1.29, 1.82) is 0 Å². The summed E-state index contributed by atoms with van der Waals surface area (Å²) >= 11 is 0. The Bertz CT molecular complexity index is 3450. The quantitative estimate of drug-likeness (QED) is 0.156. The number of nitrogens with zero attached hydrogens (tertiary/aromatic N) is 3. The van der Waals surface area contributed by atoms with Crippen molar-refractivity contribution in [2.45, 2.75) is 41.5 Å². The molecule has 9 aromatic carbocycles. The van der Waals surface area contributed by atoms with Gasteiger partial charge in [-0.1, -0.05) is 119 Å². The van der Waals surface area contributed by atoms with Gasteiger partial charge in [-0.05, 0) is 166 Å². The molecule has 0 aliphatic carbocycles. The summed E-state index contributed by atoms with van der Waals surface area (Å²) in [5.74, 6) is 0. The third-order valence-electron chi connectivity index (χ3n) is 13.7. The van der Waals surface area contributed by atoms with Gasteiger partial charge in [0.05, 0.1) is 5.69 Å². The summed E-state index contributed by atoms with van der Waals surface area (Å²) in [4.78, 5) is 7.48. The molecule has 0 spiro atoms. The van der Waals surface area contributed by atoms with Crippen molar-refractivity contribution in [3.63, 3.8) is 0 Å². The maximum absolute atomic E-state index is 6.31. The van der Waals surface area contributed by atoms with E-state index in [-0.39, 0.29) is 6.71 Å². The molecular formula is C60H48BN3O. The average Bonchev–Trinajstić information content (AvgIpc) is 3.69. The van der Waals surface area contributed by atoms with Crippen molar-refractivity contribution in [3.05, 3.63) is 215 Å². The van der Waals surface area contributed by atoms with Crippen molar-refractivity contribution in [1.82, 2.24) is 0 Å². The molecule has 0 saturated heterocycles. The zero-order chi connectivity index (χ0) is 44.1. The topological polar surface area (TPSA) is 22.9 Å². The zero-order valence-corrected chi connectivity index (χ0v) is 37.6. The van der Waals surface area contributed by atoms with Crippen LogP contribution in [0, 0.1) is 41.5 Å². The largest absolute Gasteiger partial charge is 0.456 e. The van der Waals surface area contributed by atoms with Crippen LogP contribution in [0.3, 0.4) is 0 Å². The van der Waals surface area contributed by atoms with Crippen LogP contribution in [0.4, 0.5) is 51.2 Å². The molecule has 2 aliphatic rings. The summed E-state index contributed by atoms with van der Waals surface area (Å²) in [5, 5.41) is 2.26. The Labute approximate surface area is 381 Å². The molecular weight excluding hydrogens is 789 g/mol. The number of benzene rings is 9. The van der Waals surface area contributed by atoms with Crippen LogP contribution in [-0.4, -0.2) is 6.71 Å². The fourth-order valence-corrected chi connectivity index (χ4v) is 10.4. The minimum Gasteiger partial charge on any atom is -0.456 e. The molecule has 1 aromatic heterocycles. The number of rotatable bonds is 6. The van der Waals surface area contributed by atoms with Crippen molar-refractivity contribution in [2.24, 2.45) is 0 Å². The smallest absolute Gasteiger partial charge is 0.252 e. The van der Waals surface area contributed by atoms with E-state index in [1.54, 1.807) is 0 Å². The highest BCUT2D eigenvalue weighted by atomic mass is 16.3. The van der Waals surface area contributed by atoms with Crippen LogP contribution in [-0.2, 0) is 0 Å². The summed E-state index contributed by atoms with van der Waals surface area (Å²) in [6, 6.07) is 67.9. The van der Waals surface area contributed by atoms with Crippen molar-refractivity contribution >= 4 is 96.2 Å². The van der Waals surface area contributed by atoms with E-state index in [4.69, 9.17) is 4.42 Å². The van der Waals surface area contributed by atoms with E-state index in [0.29, 0.717) is 0 Å². The van der Waals surface area contributed by atoms with Crippen LogP contribution in [0.1, 0.15) is 33.4 Å². The second kappa shape index (κ2) is 14.9. The molecule has 0 unspecified atom stereocenters. The average molecular weight is 838 g/mol. The maximum atomic E-state index is 6.31. The molecule has 3 heterocycles. The van der Waals surface area contributed by atoms with E-state index in [9.17, 15) is 0 Å². The number of aryl methyl sites for hydroxylation is 6. The second-order valence-corrected chi connectivity index (χ2v) is 18.3. The lowest BCUT2D eigenvalue weighted by Gasteiger charge is -2.45. The van der Waals surface area contributed by atoms with Gasteiger partial charge in [0.1, 0.15) is 11.2 Å². The van der Waals surface area contributed by atoms with E-state index in [1.807, 2.05) is 6.07 Å². The van der Waals surface area contributed by atoms with Gasteiger partial charge in [0.2, 0.25) is 0 Å². The van der Waals surface area contributed by atoms with Gasteiger partial charge in [-0.2, -0.15) is 0 Å². The lowest BCUT2D eigenvalue weighted by Crippen LogP contribution is -2.61. The van der Waals surface area contributed by atoms with Gasteiger partial charge in [0.15, 0.2) is 0 Å². The van der Waals surface area contributed by atoms with E-state index in [2.05, 4.69) is 232 Å². The van der Waals surface area contributed by atoms with E-state index >= 15 is 0 Å². The lowest BCUT2D eigenvalue weighted by atomic mass is 9.33. The molecule has 312 valence electrons. The molecule has 12 rings (SSSR count). The molecule has 2 aliphatic heterocycles. The SMILES string of the molecule is Cc1ccc(N(c2ccc(C)cc2)c2cc3c4c(c2)N(c2ccc(C)cc2)c2cc(-c5ccc6oc7ccccc7c6c5)c(C)cc2B4c2cc(C)ccc2N3c2ccc(C)cc2)cc1. The summed E-state index contributed by atoms with van der Waals surface area (Å²) in [6.45, 7) is 13.1. The molecule has 65 heavy (non-hydrogen) atoms. The first-order chi connectivity index (χ1) is 31.7. The number of para-hydroxylation sites is 1. The van der Waals surface area contributed by atoms with E-state index < -0.39 is 0 Å². The highest BCUT2D eigenvalue weighted by Gasteiger charge is 2.44. The van der Waals surface area contributed by atoms with Crippen LogP contribution in [0.25, 0.3) is 33.1 Å². The minimum absolute atomic E-state index is 0.0254. The molecule has 5 heteroatoms. The molecule has 0 N–H and O–H groups in total. The van der Waals surface area contributed by atoms with Gasteiger partial charge in [0.25, 0.3) is 6.71 Å². The van der Waals surface area contributed by atoms with Crippen LogP contribution in [0.2, 0.25) is 0 Å². The van der Waals surface area contributed by atoms with Gasteiger partial charge in [-0.3, -0.25) is 0 Å². The van der Waals surface area contributed by atoms with Gasteiger partial charge in [0, 0.05) is 56.3 Å². The van der Waals surface area contributed by atoms with Crippen LogP contribution in [0.15, 0.2) is 186 Å². The van der Waals surface area contributed by atoms with Crippen LogP contribution < -0.4 is 31.1 Å². The Morgan fingerprint density at radius 1 is 0.400 bits per heavy atom. The minimum atomic E-state index is -0.0254. The molecule has 0 bridgehead atoms. The van der Waals surface area contributed by atoms with Crippen molar-refractivity contribution in [3.8, 4) is 11.1 Å². The number of anilines is 9. The van der Waals surface area contributed by atoms with Crippen molar-refractivity contribution in [2.75, 3.05) is 14.7 Å². The summed E-state index contributed by atoms with van der Waals surface area (Å²) < 4.78 is 6.31. The Balaban J connectivity index is 1.18.